The molecule has 3 aromatic rings. The van der Waals surface area contributed by atoms with Crippen LogP contribution in [0.3, 0.4) is 0 Å². The van der Waals surface area contributed by atoms with E-state index in [1.165, 1.54) is 24.2 Å². The summed E-state index contributed by atoms with van der Waals surface area (Å²) >= 11 is 7.67. The van der Waals surface area contributed by atoms with Crippen LogP contribution in [0.15, 0.2) is 29.6 Å². The lowest BCUT2D eigenvalue weighted by atomic mass is 10.2. The van der Waals surface area contributed by atoms with Gasteiger partial charge in [0.25, 0.3) is 5.91 Å². The van der Waals surface area contributed by atoms with Crippen LogP contribution in [0.2, 0.25) is 5.02 Å². The summed E-state index contributed by atoms with van der Waals surface area (Å²) < 4.78 is 1.78. The van der Waals surface area contributed by atoms with Crippen molar-refractivity contribution in [2.75, 3.05) is 5.32 Å². The number of aryl methyl sites for hydroxylation is 1. The second-order valence-electron chi connectivity index (χ2n) is 6.25. The third kappa shape index (κ3) is 3.19. The lowest BCUT2D eigenvalue weighted by molar-refractivity contribution is 0.102. The van der Waals surface area contributed by atoms with Crippen LogP contribution in [0.4, 0.5) is 5.13 Å². The second kappa shape index (κ2) is 6.28. The number of benzene rings is 1. The molecule has 1 aromatic carbocycles. The Balaban J connectivity index is 1.50. The lowest BCUT2D eigenvalue weighted by Crippen LogP contribution is -2.12. The minimum Gasteiger partial charge on any atom is -0.298 e. The van der Waals surface area contributed by atoms with Gasteiger partial charge in [0.1, 0.15) is 0 Å². The number of anilines is 1. The summed E-state index contributed by atoms with van der Waals surface area (Å²) in [6.45, 7) is 3.79. The van der Waals surface area contributed by atoms with Gasteiger partial charge in [-0.05, 0) is 51.0 Å². The number of carbonyl (C=O) groups excluding carboxylic acids is 1. The first-order chi connectivity index (χ1) is 12.0. The van der Waals surface area contributed by atoms with E-state index in [-0.39, 0.29) is 5.91 Å². The molecule has 2 heterocycles. The maximum absolute atomic E-state index is 12.4. The molecule has 1 saturated carbocycles. The molecule has 1 amide bonds. The number of nitrogens with zero attached hydrogens (tertiary/aromatic N) is 3. The summed E-state index contributed by atoms with van der Waals surface area (Å²) in [6, 6.07) is 7.29. The number of rotatable bonds is 4. The lowest BCUT2D eigenvalue weighted by Gasteiger charge is -2.06. The van der Waals surface area contributed by atoms with Crippen LogP contribution in [0, 0.1) is 13.8 Å². The van der Waals surface area contributed by atoms with Gasteiger partial charge in [-0.1, -0.05) is 11.6 Å². The fourth-order valence-electron chi connectivity index (χ4n) is 2.71. The second-order valence-corrected chi connectivity index (χ2v) is 7.49. The molecule has 0 radical (unpaired) electrons. The topological polar surface area (TPSA) is 59.8 Å². The molecule has 128 valence electrons. The molecule has 0 spiro atoms. The zero-order chi connectivity index (χ0) is 17.6. The molecule has 7 heteroatoms. The van der Waals surface area contributed by atoms with Crippen LogP contribution in [0.5, 0.6) is 0 Å². The van der Waals surface area contributed by atoms with Crippen molar-refractivity contribution in [3.63, 3.8) is 0 Å². The monoisotopic (exact) mass is 372 g/mol. The van der Waals surface area contributed by atoms with E-state index in [0.717, 1.165) is 22.8 Å². The SMILES string of the molecule is Cc1nn(-c2ccc(C(=O)Nc3nc(C4CC4)cs3)cc2)c(C)c1Cl. The Morgan fingerprint density at radius 2 is 2.00 bits per heavy atom. The van der Waals surface area contributed by atoms with Gasteiger partial charge < -0.3 is 0 Å². The van der Waals surface area contributed by atoms with E-state index in [9.17, 15) is 4.79 Å². The third-order valence-corrected chi connectivity index (χ3v) is 5.64. The van der Waals surface area contributed by atoms with Crippen LogP contribution in [0.1, 0.15) is 46.2 Å². The van der Waals surface area contributed by atoms with Gasteiger partial charge in [0, 0.05) is 16.9 Å². The number of carbonyl (C=O) groups is 1. The quantitative estimate of drug-likeness (QED) is 0.720. The first-order valence-electron chi connectivity index (χ1n) is 8.12. The van der Waals surface area contributed by atoms with Crippen molar-refractivity contribution in [3.8, 4) is 5.69 Å². The van der Waals surface area contributed by atoms with E-state index >= 15 is 0 Å². The summed E-state index contributed by atoms with van der Waals surface area (Å²) in [4.78, 5) is 16.9. The fraction of sp³-hybridized carbons (Fsp3) is 0.278. The van der Waals surface area contributed by atoms with Crippen molar-refractivity contribution in [1.29, 1.82) is 0 Å². The average Bonchev–Trinajstić information content (AvgIpc) is 3.32. The van der Waals surface area contributed by atoms with Crippen molar-refractivity contribution in [2.24, 2.45) is 0 Å². The first kappa shape index (κ1) is 16.3. The minimum atomic E-state index is -0.158. The van der Waals surface area contributed by atoms with Gasteiger partial charge in [0.2, 0.25) is 0 Å². The maximum Gasteiger partial charge on any atom is 0.257 e. The number of hydrogen-bond donors (Lipinski definition) is 1. The molecule has 5 nitrogen and oxygen atoms in total. The zero-order valence-corrected chi connectivity index (χ0v) is 15.5. The van der Waals surface area contributed by atoms with E-state index < -0.39 is 0 Å². The number of aromatic nitrogens is 3. The number of nitrogens with one attached hydrogen (secondary N) is 1. The van der Waals surface area contributed by atoms with E-state index in [1.54, 1.807) is 16.8 Å². The molecule has 4 rings (SSSR count). The van der Waals surface area contributed by atoms with Crippen LogP contribution in [-0.4, -0.2) is 20.7 Å². The number of hydrogen-bond acceptors (Lipinski definition) is 4. The highest BCUT2D eigenvalue weighted by Gasteiger charge is 2.26. The van der Waals surface area contributed by atoms with Gasteiger partial charge in [0.15, 0.2) is 5.13 Å². The Morgan fingerprint density at radius 1 is 1.28 bits per heavy atom. The van der Waals surface area contributed by atoms with Crippen molar-refractivity contribution in [3.05, 3.63) is 57.3 Å². The normalized spacial score (nSPS) is 13.9. The van der Waals surface area contributed by atoms with Gasteiger partial charge in [-0.15, -0.1) is 11.3 Å². The summed E-state index contributed by atoms with van der Waals surface area (Å²) in [7, 11) is 0. The van der Waals surface area contributed by atoms with E-state index in [4.69, 9.17) is 11.6 Å². The third-order valence-electron chi connectivity index (χ3n) is 4.32. The summed E-state index contributed by atoms with van der Waals surface area (Å²) in [6.07, 6.45) is 2.41. The Kier molecular flexibility index (Phi) is 4.09. The molecule has 1 aliphatic rings. The Hall–Kier alpha value is -2.18. The van der Waals surface area contributed by atoms with Crippen molar-refractivity contribution >= 4 is 34.0 Å². The standard InChI is InChI=1S/C18H17ClN4OS/c1-10-16(19)11(2)23(22-10)14-7-5-13(6-8-14)17(24)21-18-20-15(9-25-18)12-3-4-12/h5-9,12H,3-4H2,1-2H3,(H,20,21,24). The van der Waals surface area contributed by atoms with Crippen molar-refractivity contribution in [2.45, 2.75) is 32.6 Å². The zero-order valence-electron chi connectivity index (χ0n) is 13.9. The number of halogens is 1. The fourth-order valence-corrected chi connectivity index (χ4v) is 3.61. The molecular weight excluding hydrogens is 356 g/mol. The highest BCUT2D eigenvalue weighted by Crippen LogP contribution is 2.40. The van der Waals surface area contributed by atoms with Crippen LogP contribution in [0.25, 0.3) is 5.69 Å². The smallest absolute Gasteiger partial charge is 0.257 e. The summed E-state index contributed by atoms with van der Waals surface area (Å²) in [5.41, 5.74) is 4.22. The van der Waals surface area contributed by atoms with Gasteiger partial charge in [-0.3, -0.25) is 10.1 Å². The average molecular weight is 373 g/mol. The van der Waals surface area contributed by atoms with Crippen LogP contribution < -0.4 is 5.32 Å². The number of thiazole rings is 1. The van der Waals surface area contributed by atoms with Crippen LogP contribution >= 0.6 is 22.9 Å². The Labute approximate surface area is 154 Å². The molecular formula is C18H17ClN4OS. The molecule has 25 heavy (non-hydrogen) atoms. The van der Waals surface area contributed by atoms with Gasteiger partial charge in [-0.2, -0.15) is 5.10 Å². The minimum absolute atomic E-state index is 0.158. The van der Waals surface area contributed by atoms with E-state index in [1.807, 2.05) is 31.4 Å². The highest BCUT2D eigenvalue weighted by atomic mass is 35.5. The molecule has 0 aliphatic heterocycles. The van der Waals surface area contributed by atoms with Gasteiger partial charge >= 0.3 is 0 Å². The number of amides is 1. The van der Waals surface area contributed by atoms with Gasteiger partial charge in [0.05, 0.1) is 27.8 Å². The summed E-state index contributed by atoms with van der Waals surface area (Å²) in [5, 5.41) is 10.6. The molecule has 0 unspecified atom stereocenters. The van der Waals surface area contributed by atoms with E-state index in [0.29, 0.717) is 21.6 Å². The Bertz CT molecular complexity index is 941. The molecule has 1 fully saturated rings. The first-order valence-corrected chi connectivity index (χ1v) is 9.37. The molecule has 0 atom stereocenters. The predicted molar refractivity (Wildman–Crippen MR) is 100 cm³/mol. The molecule has 1 N–H and O–H groups in total. The maximum atomic E-state index is 12.4. The molecule has 1 aliphatic carbocycles. The van der Waals surface area contributed by atoms with Crippen molar-refractivity contribution in [1.82, 2.24) is 14.8 Å². The highest BCUT2D eigenvalue weighted by molar-refractivity contribution is 7.14. The van der Waals surface area contributed by atoms with Crippen molar-refractivity contribution < 1.29 is 4.79 Å². The summed E-state index contributed by atoms with van der Waals surface area (Å²) in [5.74, 6) is 0.434. The van der Waals surface area contributed by atoms with Gasteiger partial charge in [-0.25, -0.2) is 9.67 Å². The molecule has 0 saturated heterocycles. The predicted octanol–water partition coefficient (Wildman–Crippen LogP) is 4.73. The largest absolute Gasteiger partial charge is 0.298 e. The van der Waals surface area contributed by atoms with E-state index in [2.05, 4.69) is 15.4 Å². The molecule has 2 aromatic heterocycles. The molecule has 0 bridgehead atoms. The Morgan fingerprint density at radius 3 is 2.60 bits per heavy atom. The van der Waals surface area contributed by atoms with Crippen LogP contribution in [-0.2, 0) is 0 Å².